The summed E-state index contributed by atoms with van der Waals surface area (Å²) in [5, 5.41) is 7.36. The number of amides is 2. The van der Waals surface area contributed by atoms with Gasteiger partial charge in [-0.2, -0.15) is 0 Å². The Bertz CT molecular complexity index is 771. The van der Waals surface area contributed by atoms with E-state index in [1.165, 1.54) is 18.3 Å². The van der Waals surface area contributed by atoms with Crippen LogP contribution in [0.5, 0.6) is 5.75 Å². The molecule has 1 aliphatic heterocycles. The number of nitrogens with one attached hydrogen (secondary N) is 2. The van der Waals surface area contributed by atoms with Crippen LogP contribution >= 0.6 is 11.3 Å². The second-order valence-corrected chi connectivity index (χ2v) is 6.83. The molecule has 0 aliphatic carbocycles. The van der Waals surface area contributed by atoms with E-state index in [9.17, 15) is 9.59 Å². The Morgan fingerprint density at radius 3 is 2.92 bits per heavy atom. The molecule has 2 amide bonds. The van der Waals surface area contributed by atoms with Crippen LogP contribution in [0, 0.1) is 0 Å². The average Bonchev–Trinajstić information content (AvgIpc) is 3.10. The van der Waals surface area contributed by atoms with E-state index in [1.807, 2.05) is 18.2 Å². The second-order valence-electron chi connectivity index (χ2n) is 5.97. The normalized spacial score (nSPS) is 16.7. The summed E-state index contributed by atoms with van der Waals surface area (Å²) in [6.07, 6.45) is 3.31. The molecule has 1 aliphatic rings. The van der Waals surface area contributed by atoms with Crippen LogP contribution in [0.4, 0.5) is 10.8 Å². The van der Waals surface area contributed by atoms with E-state index < -0.39 is 0 Å². The van der Waals surface area contributed by atoms with Gasteiger partial charge in [-0.25, -0.2) is 4.98 Å². The lowest BCUT2D eigenvalue weighted by atomic mass is 10.1. The summed E-state index contributed by atoms with van der Waals surface area (Å²) in [7, 11) is 0. The van der Waals surface area contributed by atoms with E-state index in [1.54, 1.807) is 11.4 Å². The van der Waals surface area contributed by atoms with Crippen molar-refractivity contribution in [3.63, 3.8) is 0 Å². The van der Waals surface area contributed by atoms with Crippen LogP contribution in [-0.2, 0) is 9.53 Å². The van der Waals surface area contributed by atoms with Crippen LogP contribution in [0.25, 0.3) is 0 Å². The third-order valence-electron chi connectivity index (χ3n) is 3.85. The van der Waals surface area contributed by atoms with Gasteiger partial charge in [0.05, 0.1) is 11.8 Å². The number of nitrogens with zero attached hydrogens (tertiary/aromatic N) is 1. The van der Waals surface area contributed by atoms with E-state index in [2.05, 4.69) is 15.6 Å². The molecule has 0 bridgehead atoms. The van der Waals surface area contributed by atoms with Gasteiger partial charge in [0, 0.05) is 18.9 Å². The van der Waals surface area contributed by atoms with Gasteiger partial charge in [-0.05, 0) is 31.4 Å². The van der Waals surface area contributed by atoms with Gasteiger partial charge in [-0.15, -0.1) is 11.3 Å². The molecule has 0 saturated carbocycles. The van der Waals surface area contributed by atoms with Crippen molar-refractivity contribution in [2.45, 2.75) is 32.3 Å². The monoisotopic (exact) mass is 375 g/mol. The van der Waals surface area contributed by atoms with Gasteiger partial charge in [0.15, 0.2) is 5.13 Å². The number of anilines is 2. The van der Waals surface area contributed by atoms with Gasteiger partial charge < -0.3 is 20.1 Å². The molecule has 7 nitrogen and oxygen atoms in total. The van der Waals surface area contributed by atoms with Gasteiger partial charge in [-0.3, -0.25) is 9.59 Å². The molecular formula is C18H21N3O4S. The molecule has 0 radical (unpaired) electrons. The molecular weight excluding hydrogens is 354 g/mol. The molecule has 2 N–H and O–H groups in total. The lowest BCUT2D eigenvalue weighted by molar-refractivity contribution is -0.114. The average molecular weight is 375 g/mol. The van der Waals surface area contributed by atoms with Crippen molar-refractivity contribution < 1.29 is 19.1 Å². The number of rotatable bonds is 6. The van der Waals surface area contributed by atoms with E-state index in [0.29, 0.717) is 23.2 Å². The third-order valence-corrected chi connectivity index (χ3v) is 4.61. The summed E-state index contributed by atoms with van der Waals surface area (Å²) in [6, 6.07) is 7.26. The quantitative estimate of drug-likeness (QED) is 0.809. The van der Waals surface area contributed by atoms with Crippen LogP contribution in [-0.4, -0.2) is 36.1 Å². The summed E-state index contributed by atoms with van der Waals surface area (Å²) in [4.78, 5) is 27.6. The Morgan fingerprint density at radius 2 is 2.15 bits per heavy atom. The van der Waals surface area contributed by atoms with E-state index in [4.69, 9.17) is 9.47 Å². The smallest absolute Gasteiger partial charge is 0.275 e. The number of thiazole rings is 1. The standard InChI is InChI=1S/C18H21N3O4S/c1-12(22)19-18-21-15(11-26-18)17(23)20-14-7-2-3-8-16(14)25-10-13-6-4-5-9-24-13/h2-3,7-8,11,13H,4-6,9-10H2,1H3,(H,20,23)(H,19,21,22). The van der Waals surface area contributed by atoms with Crippen LogP contribution < -0.4 is 15.4 Å². The Labute approximate surface area is 155 Å². The minimum absolute atomic E-state index is 0.0891. The predicted octanol–water partition coefficient (Wildman–Crippen LogP) is 3.30. The molecule has 138 valence electrons. The van der Waals surface area contributed by atoms with Crippen LogP contribution in [0.3, 0.4) is 0 Å². The summed E-state index contributed by atoms with van der Waals surface area (Å²) in [5.41, 5.74) is 0.812. The fraction of sp³-hybridized carbons (Fsp3) is 0.389. The predicted molar refractivity (Wildman–Crippen MR) is 99.9 cm³/mol. The highest BCUT2D eigenvalue weighted by molar-refractivity contribution is 7.14. The van der Waals surface area contributed by atoms with Gasteiger partial charge >= 0.3 is 0 Å². The molecule has 2 heterocycles. The molecule has 1 unspecified atom stereocenters. The molecule has 26 heavy (non-hydrogen) atoms. The summed E-state index contributed by atoms with van der Waals surface area (Å²) in [5.74, 6) is 0.00476. The van der Waals surface area contributed by atoms with Crippen LogP contribution in [0.15, 0.2) is 29.6 Å². The first-order valence-corrected chi connectivity index (χ1v) is 9.37. The lowest BCUT2D eigenvalue weighted by Gasteiger charge is -2.23. The van der Waals surface area contributed by atoms with E-state index >= 15 is 0 Å². The molecule has 1 saturated heterocycles. The number of carbonyl (C=O) groups is 2. The number of benzene rings is 1. The Balaban J connectivity index is 1.62. The van der Waals surface area contributed by atoms with Crippen molar-refractivity contribution in [1.29, 1.82) is 0 Å². The van der Waals surface area contributed by atoms with Crippen molar-refractivity contribution in [2.24, 2.45) is 0 Å². The number of ether oxygens (including phenoxy) is 2. The minimum atomic E-state index is -0.359. The van der Waals surface area contributed by atoms with Crippen LogP contribution in [0.1, 0.15) is 36.7 Å². The van der Waals surface area contributed by atoms with Gasteiger partial charge in [-0.1, -0.05) is 12.1 Å². The molecule has 1 aromatic carbocycles. The second kappa shape index (κ2) is 8.77. The van der Waals surface area contributed by atoms with Gasteiger partial charge in [0.2, 0.25) is 5.91 Å². The van der Waals surface area contributed by atoms with E-state index in [-0.39, 0.29) is 23.6 Å². The Kier molecular flexibility index (Phi) is 6.19. The molecule has 3 rings (SSSR count). The van der Waals surface area contributed by atoms with E-state index in [0.717, 1.165) is 25.9 Å². The zero-order valence-corrected chi connectivity index (χ0v) is 15.3. The number of carbonyl (C=O) groups excluding carboxylic acids is 2. The van der Waals surface area contributed by atoms with Crippen molar-refractivity contribution >= 4 is 34.0 Å². The number of hydrogen-bond acceptors (Lipinski definition) is 6. The topological polar surface area (TPSA) is 89.6 Å². The van der Waals surface area contributed by atoms with Gasteiger partial charge in [0.25, 0.3) is 5.91 Å². The van der Waals surface area contributed by atoms with Crippen molar-refractivity contribution in [2.75, 3.05) is 23.8 Å². The zero-order valence-electron chi connectivity index (χ0n) is 14.5. The Morgan fingerprint density at radius 1 is 1.31 bits per heavy atom. The van der Waals surface area contributed by atoms with Crippen molar-refractivity contribution in [1.82, 2.24) is 4.98 Å². The molecule has 1 aromatic heterocycles. The summed E-state index contributed by atoms with van der Waals surface area (Å²) in [6.45, 7) is 2.62. The van der Waals surface area contributed by atoms with Gasteiger partial charge in [0.1, 0.15) is 18.1 Å². The first-order chi connectivity index (χ1) is 12.6. The largest absolute Gasteiger partial charge is 0.489 e. The fourth-order valence-electron chi connectivity index (χ4n) is 2.59. The maximum Gasteiger partial charge on any atom is 0.275 e. The molecule has 1 atom stereocenters. The van der Waals surface area contributed by atoms with Crippen molar-refractivity contribution in [3.8, 4) is 5.75 Å². The first kappa shape index (κ1) is 18.3. The lowest BCUT2D eigenvalue weighted by Crippen LogP contribution is -2.26. The maximum absolute atomic E-state index is 12.4. The molecule has 1 fully saturated rings. The van der Waals surface area contributed by atoms with Crippen molar-refractivity contribution in [3.05, 3.63) is 35.3 Å². The minimum Gasteiger partial charge on any atom is -0.489 e. The highest BCUT2D eigenvalue weighted by atomic mass is 32.1. The molecule has 2 aromatic rings. The number of para-hydroxylation sites is 2. The highest BCUT2D eigenvalue weighted by Crippen LogP contribution is 2.26. The Hall–Kier alpha value is -2.45. The molecule has 0 spiro atoms. The first-order valence-electron chi connectivity index (χ1n) is 8.49. The zero-order chi connectivity index (χ0) is 18.4. The molecule has 8 heteroatoms. The fourth-order valence-corrected chi connectivity index (χ4v) is 3.33. The SMILES string of the molecule is CC(=O)Nc1nc(C(=O)Nc2ccccc2OCC2CCCCO2)cs1. The number of hydrogen-bond donors (Lipinski definition) is 2. The van der Waals surface area contributed by atoms with Crippen LogP contribution in [0.2, 0.25) is 0 Å². The third kappa shape index (κ3) is 5.03. The maximum atomic E-state index is 12.4. The number of aromatic nitrogens is 1. The summed E-state index contributed by atoms with van der Waals surface area (Å²) < 4.78 is 11.5. The summed E-state index contributed by atoms with van der Waals surface area (Å²) >= 11 is 1.20. The highest BCUT2D eigenvalue weighted by Gasteiger charge is 2.17.